The predicted octanol–water partition coefficient (Wildman–Crippen LogP) is 2.33. The zero-order chi connectivity index (χ0) is 14.3. The predicted molar refractivity (Wildman–Crippen MR) is 73.2 cm³/mol. The Kier molecular flexibility index (Phi) is 5.85. The van der Waals surface area contributed by atoms with Crippen LogP contribution in [0.2, 0.25) is 0 Å². The lowest BCUT2D eigenvalue weighted by Crippen LogP contribution is -2.39. The number of hydrogen-bond acceptors (Lipinski definition) is 2. The summed E-state index contributed by atoms with van der Waals surface area (Å²) in [5.74, 6) is -0.964. The van der Waals surface area contributed by atoms with Crippen molar-refractivity contribution < 1.29 is 14.7 Å². The fourth-order valence-electron chi connectivity index (χ4n) is 1.78. The summed E-state index contributed by atoms with van der Waals surface area (Å²) in [7, 11) is 0. The Labute approximate surface area is 113 Å². The third-order valence-corrected chi connectivity index (χ3v) is 2.78. The summed E-state index contributed by atoms with van der Waals surface area (Å²) in [5.41, 5.74) is 1.01. The number of benzene rings is 1. The third-order valence-electron chi connectivity index (χ3n) is 2.78. The molecule has 0 fully saturated rings. The molecule has 0 unspecified atom stereocenters. The summed E-state index contributed by atoms with van der Waals surface area (Å²) in [4.78, 5) is 24.4. The molecule has 0 heterocycles. The topological polar surface area (TPSA) is 69.6 Å². The molecule has 0 aliphatic carbocycles. The first-order valence-electron chi connectivity index (χ1n) is 6.43. The van der Waals surface area contributed by atoms with E-state index in [1.165, 1.54) is 6.07 Å². The summed E-state index contributed by atoms with van der Waals surface area (Å²) in [5, 5.41) is 11.7. The molecular weight excluding hydrogens is 244 g/mol. The Hall–Kier alpha value is -2.04. The second-order valence-electron chi connectivity index (χ2n) is 4.24. The minimum Gasteiger partial charge on any atom is -0.478 e. The molecule has 0 aromatic heterocycles. The van der Waals surface area contributed by atoms with Crippen LogP contribution in [0.15, 0.2) is 24.3 Å². The van der Waals surface area contributed by atoms with Gasteiger partial charge in [-0.15, -0.1) is 0 Å². The van der Waals surface area contributed by atoms with Crippen LogP contribution >= 0.6 is 0 Å². The van der Waals surface area contributed by atoms with Crippen molar-refractivity contribution in [1.29, 1.82) is 0 Å². The number of urea groups is 1. The van der Waals surface area contributed by atoms with E-state index in [9.17, 15) is 9.59 Å². The lowest BCUT2D eigenvalue weighted by molar-refractivity contribution is 0.0696. The van der Waals surface area contributed by atoms with E-state index in [0.29, 0.717) is 13.1 Å². The molecule has 1 aromatic rings. The van der Waals surface area contributed by atoms with Crippen molar-refractivity contribution in [2.75, 3.05) is 13.1 Å². The lowest BCUT2D eigenvalue weighted by Gasteiger charge is -2.20. The van der Waals surface area contributed by atoms with Crippen LogP contribution in [-0.2, 0) is 6.54 Å². The standard InChI is InChI=1S/C14H20N2O3/c1-3-8-16(4-2)14(19)15-10-11-6-5-7-12(9-11)13(17)18/h5-7,9H,3-4,8,10H2,1-2H3,(H,15,19)(H,17,18). The van der Waals surface area contributed by atoms with Gasteiger partial charge in [-0.3, -0.25) is 0 Å². The van der Waals surface area contributed by atoms with Gasteiger partial charge in [0, 0.05) is 19.6 Å². The quantitative estimate of drug-likeness (QED) is 0.828. The van der Waals surface area contributed by atoms with Gasteiger partial charge in [0.05, 0.1) is 5.56 Å². The summed E-state index contributed by atoms with van der Waals surface area (Å²) in [6.45, 7) is 5.67. The van der Waals surface area contributed by atoms with Gasteiger partial charge < -0.3 is 15.3 Å². The Bertz CT molecular complexity index is 446. The van der Waals surface area contributed by atoms with Gasteiger partial charge in [0.25, 0.3) is 0 Å². The van der Waals surface area contributed by atoms with Crippen molar-refractivity contribution in [2.45, 2.75) is 26.8 Å². The molecular formula is C14H20N2O3. The number of carboxylic acid groups (broad SMARTS) is 1. The smallest absolute Gasteiger partial charge is 0.335 e. The second-order valence-corrected chi connectivity index (χ2v) is 4.24. The van der Waals surface area contributed by atoms with E-state index >= 15 is 0 Å². The second kappa shape index (κ2) is 7.41. The number of nitrogens with zero attached hydrogens (tertiary/aromatic N) is 1. The molecule has 104 valence electrons. The van der Waals surface area contributed by atoms with E-state index in [2.05, 4.69) is 5.32 Å². The van der Waals surface area contributed by atoms with Gasteiger partial charge >= 0.3 is 12.0 Å². The number of carboxylic acids is 1. The minimum absolute atomic E-state index is 0.120. The summed E-state index contributed by atoms with van der Waals surface area (Å²) < 4.78 is 0. The Morgan fingerprint density at radius 2 is 2.05 bits per heavy atom. The van der Waals surface area contributed by atoms with Gasteiger partial charge in [-0.05, 0) is 31.0 Å². The summed E-state index contributed by atoms with van der Waals surface area (Å²) >= 11 is 0. The van der Waals surface area contributed by atoms with Crippen LogP contribution in [0, 0.1) is 0 Å². The van der Waals surface area contributed by atoms with Gasteiger partial charge in [-0.1, -0.05) is 19.1 Å². The summed E-state index contributed by atoms with van der Waals surface area (Å²) in [6, 6.07) is 6.45. The lowest BCUT2D eigenvalue weighted by atomic mass is 10.1. The van der Waals surface area contributed by atoms with Crippen LogP contribution in [0.5, 0.6) is 0 Å². The van der Waals surface area contributed by atoms with Gasteiger partial charge in [-0.2, -0.15) is 0 Å². The monoisotopic (exact) mass is 264 g/mol. The minimum atomic E-state index is -0.964. The van der Waals surface area contributed by atoms with Crippen LogP contribution in [0.1, 0.15) is 36.2 Å². The molecule has 1 rings (SSSR count). The zero-order valence-corrected chi connectivity index (χ0v) is 11.3. The number of carbonyl (C=O) groups is 2. The molecule has 0 atom stereocenters. The first kappa shape index (κ1) is 15.0. The molecule has 0 saturated carbocycles. The number of amides is 2. The number of aromatic carboxylic acids is 1. The molecule has 19 heavy (non-hydrogen) atoms. The first-order chi connectivity index (χ1) is 9.08. The molecule has 0 aliphatic heterocycles. The molecule has 0 radical (unpaired) electrons. The average Bonchev–Trinajstić information content (AvgIpc) is 2.42. The van der Waals surface area contributed by atoms with Crippen LogP contribution < -0.4 is 5.32 Å². The van der Waals surface area contributed by atoms with Crippen molar-refractivity contribution in [3.63, 3.8) is 0 Å². The third kappa shape index (κ3) is 4.62. The van der Waals surface area contributed by atoms with E-state index in [1.54, 1.807) is 23.1 Å². The Balaban J connectivity index is 2.58. The zero-order valence-electron chi connectivity index (χ0n) is 11.3. The number of hydrogen-bond donors (Lipinski definition) is 2. The van der Waals surface area contributed by atoms with Crippen molar-refractivity contribution in [3.05, 3.63) is 35.4 Å². The molecule has 2 N–H and O–H groups in total. The highest BCUT2D eigenvalue weighted by molar-refractivity contribution is 5.87. The maximum Gasteiger partial charge on any atom is 0.335 e. The Morgan fingerprint density at radius 1 is 1.32 bits per heavy atom. The molecule has 5 heteroatoms. The van der Waals surface area contributed by atoms with Crippen LogP contribution in [0.3, 0.4) is 0 Å². The van der Waals surface area contributed by atoms with Crippen molar-refractivity contribution in [2.24, 2.45) is 0 Å². The number of nitrogens with one attached hydrogen (secondary N) is 1. The molecule has 0 bridgehead atoms. The van der Waals surface area contributed by atoms with Crippen molar-refractivity contribution >= 4 is 12.0 Å². The fraction of sp³-hybridized carbons (Fsp3) is 0.429. The maximum atomic E-state index is 11.9. The molecule has 2 amide bonds. The van der Waals surface area contributed by atoms with Crippen LogP contribution in [0.4, 0.5) is 4.79 Å². The van der Waals surface area contributed by atoms with Gasteiger partial charge in [0.2, 0.25) is 0 Å². The highest BCUT2D eigenvalue weighted by Crippen LogP contribution is 2.05. The maximum absolute atomic E-state index is 11.9. The van der Waals surface area contributed by atoms with Crippen LogP contribution in [0.25, 0.3) is 0 Å². The van der Waals surface area contributed by atoms with Crippen molar-refractivity contribution in [3.8, 4) is 0 Å². The summed E-state index contributed by atoms with van der Waals surface area (Å²) in [6.07, 6.45) is 0.912. The molecule has 1 aromatic carbocycles. The molecule has 5 nitrogen and oxygen atoms in total. The van der Waals surface area contributed by atoms with E-state index in [0.717, 1.165) is 18.5 Å². The van der Waals surface area contributed by atoms with E-state index in [-0.39, 0.29) is 11.6 Å². The SMILES string of the molecule is CCCN(CC)C(=O)NCc1cccc(C(=O)O)c1. The number of rotatable bonds is 6. The van der Waals surface area contributed by atoms with Crippen LogP contribution in [-0.4, -0.2) is 35.1 Å². The molecule has 0 saturated heterocycles. The van der Waals surface area contributed by atoms with Gasteiger partial charge in [-0.25, -0.2) is 9.59 Å². The van der Waals surface area contributed by atoms with E-state index in [4.69, 9.17) is 5.11 Å². The van der Waals surface area contributed by atoms with Gasteiger partial charge in [0.1, 0.15) is 0 Å². The first-order valence-corrected chi connectivity index (χ1v) is 6.43. The normalized spacial score (nSPS) is 10.0. The van der Waals surface area contributed by atoms with E-state index in [1.807, 2.05) is 13.8 Å². The highest BCUT2D eigenvalue weighted by Gasteiger charge is 2.10. The van der Waals surface area contributed by atoms with E-state index < -0.39 is 5.97 Å². The largest absolute Gasteiger partial charge is 0.478 e. The van der Waals surface area contributed by atoms with Gasteiger partial charge in [0.15, 0.2) is 0 Å². The highest BCUT2D eigenvalue weighted by atomic mass is 16.4. The number of carbonyl (C=O) groups excluding carboxylic acids is 1. The molecule has 0 aliphatic rings. The van der Waals surface area contributed by atoms with Crippen molar-refractivity contribution in [1.82, 2.24) is 10.2 Å². The fourth-order valence-corrected chi connectivity index (χ4v) is 1.78. The Morgan fingerprint density at radius 3 is 2.63 bits per heavy atom. The molecule has 0 spiro atoms. The average molecular weight is 264 g/mol.